The second kappa shape index (κ2) is 11.6. The van der Waals surface area contributed by atoms with E-state index in [9.17, 15) is 0 Å². The lowest BCUT2D eigenvalue weighted by atomic mass is 10.00. The predicted molar refractivity (Wildman–Crippen MR) is 173 cm³/mol. The van der Waals surface area contributed by atoms with E-state index in [4.69, 9.17) is 15.0 Å². The van der Waals surface area contributed by atoms with Gasteiger partial charge in [-0.15, -0.1) is 0 Å². The van der Waals surface area contributed by atoms with Crippen molar-refractivity contribution in [3.63, 3.8) is 0 Å². The summed E-state index contributed by atoms with van der Waals surface area (Å²) < 4.78 is 0. The van der Waals surface area contributed by atoms with Crippen molar-refractivity contribution < 1.29 is 0 Å². The molecule has 0 saturated heterocycles. The van der Waals surface area contributed by atoms with Crippen LogP contribution in [-0.4, -0.2) is 24.9 Å². The van der Waals surface area contributed by atoms with Gasteiger partial charge in [0.15, 0.2) is 17.5 Å². The van der Waals surface area contributed by atoms with Crippen molar-refractivity contribution in [1.29, 1.82) is 0 Å². The highest BCUT2D eigenvalue weighted by molar-refractivity contribution is 5.73. The molecule has 43 heavy (non-hydrogen) atoms. The Morgan fingerprint density at radius 1 is 0.326 bits per heavy atom. The van der Waals surface area contributed by atoms with Crippen LogP contribution in [0.2, 0.25) is 0 Å². The van der Waals surface area contributed by atoms with Crippen LogP contribution >= 0.6 is 0 Å². The van der Waals surface area contributed by atoms with E-state index in [-0.39, 0.29) is 0 Å². The number of rotatable bonds is 6. The van der Waals surface area contributed by atoms with Crippen LogP contribution in [0.5, 0.6) is 0 Å². The quantitative estimate of drug-likeness (QED) is 0.206. The number of aromatic nitrogens is 5. The fourth-order valence-corrected chi connectivity index (χ4v) is 4.94. The Morgan fingerprint density at radius 2 is 0.698 bits per heavy atom. The molecule has 0 aliphatic rings. The molecule has 204 valence electrons. The molecule has 0 saturated carbocycles. The van der Waals surface area contributed by atoms with E-state index in [0.29, 0.717) is 17.5 Å². The van der Waals surface area contributed by atoms with Crippen LogP contribution in [0.4, 0.5) is 0 Å². The SMILES string of the molecule is Cc1ccc(-c2ccc(-c3ccc(-c4ccc(-c5nc(-c6ccccc6)nc(-c6ccccc6)n5)cc4)cc3)cn2)nc1. The molecule has 0 aliphatic heterocycles. The maximum absolute atomic E-state index is 4.84. The van der Waals surface area contributed by atoms with E-state index in [2.05, 4.69) is 70.6 Å². The van der Waals surface area contributed by atoms with Gasteiger partial charge in [0.2, 0.25) is 0 Å². The van der Waals surface area contributed by atoms with E-state index >= 15 is 0 Å². The van der Waals surface area contributed by atoms with Crippen molar-refractivity contribution in [2.75, 3.05) is 0 Å². The van der Waals surface area contributed by atoms with Gasteiger partial charge in [-0.2, -0.15) is 0 Å². The van der Waals surface area contributed by atoms with Crippen molar-refractivity contribution in [3.8, 4) is 67.8 Å². The lowest BCUT2D eigenvalue weighted by Crippen LogP contribution is -2.00. The van der Waals surface area contributed by atoms with E-state index in [1.807, 2.05) is 92.1 Å². The van der Waals surface area contributed by atoms with Gasteiger partial charge in [0.25, 0.3) is 0 Å². The zero-order chi connectivity index (χ0) is 29.0. The van der Waals surface area contributed by atoms with Crippen molar-refractivity contribution >= 4 is 0 Å². The number of hydrogen-bond donors (Lipinski definition) is 0. The largest absolute Gasteiger partial charge is 0.254 e. The molecule has 0 aliphatic carbocycles. The Morgan fingerprint density at radius 3 is 1.12 bits per heavy atom. The number of nitrogens with zero attached hydrogens (tertiary/aromatic N) is 5. The van der Waals surface area contributed by atoms with E-state index in [1.54, 1.807) is 0 Å². The van der Waals surface area contributed by atoms with Gasteiger partial charge >= 0.3 is 0 Å². The molecule has 0 bridgehead atoms. The number of benzene rings is 4. The molecule has 0 spiro atoms. The maximum Gasteiger partial charge on any atom is 0.164 e. The van der Waals surface area contributed by atoms with Gasteiger partial charge in [0.1, 0.15) is 0 Å². The zero-order valence-electron chi connectivity index (χ0n) is 23.6. The summed E-state index contributed by atoms with van der Waals surface area (Å²) in [6.45, 7) is 2.03. The van der Waals surface area contributed by atoms with Crippen LogP contribution in [0.1, 0.15) is 5.56 Å². The third kappa shape index (κ3) is 5.69. The van der Waals surface area contributed by atoms with Crippen molar-refractivity contribution in [1.82, 2.24) is 24.9 Å². The van der Waals surface area contributed by atoms with Crippen molar-refractivity contribution in [3.05, 3.63) is 151 Å². The summed E-state index contributed by atoms with van der Waals surface area (Å²) in [5, 5.41) is 0. The Labute approximate surface area is 250 Å². The Hall–Kier alpha value is -5.81. The third-order valence-electron chi connectivity index (χ3n) is 7.33. The summed E-state index contributed by atoms with van der Waals surface area (Å²) in [6, 6.07) is 45.1. The first-order valence-electron chi connectivity index (χ1n) is 14.2. The second-order valence-corrected chi connectivity index (χ2v) is 10.3. The van der Waals surface area contributed by atoms with Gasteiger partial charge in [-0.05, 0) is 41.3 Å². The molecule has 3 aromatic heterocycles. The summed E-state index contributed by atoms with van der Waals surface area (Å²) in [5.41, 5.74) is 10.2. The molecule has 0 unspecified atom stereocenters. The van der Waals surface area contributed by atoms with Gasteiger partial charge in [-0.3, -0.25) is 9.97 Å². The summed E-state index contributed by atoms with van der Waals surface area (Å²) in [4.78, 5) is 23.6. The first-order chi connectivity index (χ1) is 21.2. The van der Waals surface area contributed by atoms with Crippen molar-refractivity contribution in [2.24, 2.45) is 0 Å². The average Bonchev–Trinajstić information content (AvgIpc) is 3.09. The topological polar surface area (TPSA) is 64.5 Å². The summed E-state index contributed by atoms with van der Waals surface area (Å²) in [5.74, 6) is 1.95. The minimum Gasteiger partial charge on any atom is -0.254 e. The number of hydrogen-bond acceptors (Lipinski definition) is 5. The fourth-order valence-electron chi connectivity index (χ4n) is 4.94. The van der Waals surface area contributed by atoms with Crippen LogP contribution in [0.25, 0.3) is 67.8 Å². The minimum atomic E-state index is 0.645. The lowest BCUT2D eigenvalue weighted by molar-refractivity contribution is 1.07. The standard InChI is InChI=1S/C38H27N5/c1-26-12-22-34(39-24-26)35-23-21-33(25-40-35)29-15-13-27(14-16-29)28-17-19-32(20-18-28)38-42-36(30-8-4-2-5-9-30)41-37(43-38)31-10-6-3-7-11-31/h2-25H,1H3. The highest BCUT2D eigenvalue weighted by Gasteiger charge is 2.12. The normalized spacial score (nSPS) is 10.9. The summed E-state index contributed by atoms with van der Waals surface area (Å²) >= 11 is 0. The highest BCUT2D eigenvalue weighted by Crippen LogP contribution is 2.29. The van der Waals surface area contributed by atoms with Gasteiger partial charge in [0.05, 0.1) is 11.4 Å². The highest BCUT2D eigenvalue weighted by atomic mass is 15.0. The predicted octanol–water partition coefficient (Wildman–Crippen LogP) is 8.97. The van der Waals surface area contributed by atoms with Crippen LogP contribution in [0, 0.1) is 6.92 Å². The first kappa shape index (κ1) is 26.1. The Kier molecular flexibility index (Phi) is 7.04. The average molecular weight is 554 g/mol. The molecular formula is C38H27N5. The molecule has 4 aromatic carbocycles. The number of pyridine rings is 2. The summed E-state index contributed by atoms with van der Waals surface area (Å²) in [7, 11) is 0. The molecule has 5 nitrogen and oxygen atoms in total. The van der Waals surface area contributed by atoms with Crippen molar-refractivity contribution in [2.45, 2.75) is 6.92 Å². The minimum absolute atomic E-state index is 0.645. The zero-order valence-corrected chi connectivity index (χ0v) is 23.6. The van der Waals surface area contributed by atoms with Crippen LogP contribution in [-0.2, 0) is 0 Å². The van der Waals surface area contributed by atoms with E-state index in [1.165, 1.54) is 0 Å². The molecule has 5 heteroatoms. The molecule has 7 aromatic rings. The third-order valence-corrected chi connectivity index (χ3v) is 7.33. The maximum atomic E-state index is 4.84. The molecule has 0 atom stereocenters. The lowest BCUT2D eigenvalue weighted by Gasteiger charge is -2.09. The fraction of sp³-hybridized carbons (Fsp3) is 0.0263. The molecular weight excluding hydrogens is 526 g/mol. The second-order valence-electron chi connectivity index (χ2n) is 10.3. The van der Waals surface area contributed by atoms with E-state index in [0.717, 1.165) is 55.9 Å². The molecule has 7 rings (SSSR count). The Bertz CT molecular complexity index is 1910. The first-order valence-corrected chi connectivity index (χ1v) is 14.2. The van der Waals surface area contributed by atoms with Gasteiger partial charge in [-0.25, -0.2) is 15.0 Å². The van der Waals surface area contributed by atoms with Gasteiger partial charge in [0, 0.05) is 34.6 Å². The summed E-state index contributed by atoms with van der Waals surface area (Å²) in [6.07, 6.45) is 3.77. The molecule has 0 fully saturated rings. The molecule has 0 radical (unpaired) electrons. The van der Waals surface area contributed by atoms with Crippen LogP contribution in [0.3, 0.4) is 0 Å². The van der Waals surface area contributed by atoms with Crippen LogP contribution < -0.4 is 0 Å². The molecule has 3 heterocycles. The molecule has 0 amide bonds. The van der Waals surface area contributed by atoms with Gasteiger partial charge < -0.3 is 0 Å². The van der Waals surface area contributed by atoms with Crippen LogP contribution in [0.15, 0.2) is 146 Å². The van der Waals surface area contributed by atoms with Gasteiger partial charge in [-0.1, -0.05) is 121 Å². The molecule has 0 N–H and O–H groups in total. The van der Waals surface area contributed by atoms with E-state index < -0.39 is 0 Å². The monoisotopic (exact) mass is 553 g/mol. The smallest absolute Gasteiger partial charge is 0.164 e. The number of aryl methyl sites for hydroxylation is 1. The Balaban J connectivity index is 1.14.